The van der Waals surface area contributed by atoms with Crippen LogP contribution in [0.15, 0.2) is 71.3 Å². The van der Waals surface area contributed by atoms with Gasteiger partial charge < -0.3 is 30.3 Å². The SMILES string of the molecule is COc1cc(NCc2ccc(C)cc2O)cc(Br)n1.COc1cc(NCc2ccccc2O)cc(Cl)n1. The summed E-state index contributed by atoms with van der Waals surface area (Å²) < 4.78 is 10.8. The minimum absolute atomic E-state index is 0.261. The monoisotopic (exact) mass is 586 g/mol. The first-order valence-electron chi connectivity index (χ1n) is 11.2. The Bertz CT molecular complexity index is 1340. The predicted molar refractivity (Wildman–Crippen MR) is 150 cm³/mol. The fraction of sp³-hybridized carbons (Fsp3) is 0.185. The van der Waals surface area contributed by atoms with Gasteiger partial charge in [-0.05, 0) is 52.7 Å². The van der Waals surface area contributed by atoms with Gasteiger partial charge in [0, 0.05) is 47.7 Å². The van der Waals surface area contributed by atoms with Crippen molar-refractivity contribution >= 4 is 38.9 Å². The summed E-state index contributed by atoms with van der Waals surface area (Å²) >= 11 is 9.18. The molecule has 0 spiro atoms. The third-order valence-corrected chi connectivity index (χ3v) is 5.76. The van der Waals surface area contributed by atoms with Crippen molar-refractivity contribution in [1.82, 2.24) is 9.97 Å². The molecule has 4 aromatic rings. The molecule has 0 radical (unpaired) electrons. The van der Waals surface area contributed by atoms with Crippen LogP contribution >= 0.6 is 27.5 Å². The van der Waals surface area contributed by atoms with Gasteiger partial charge in [-0.1, -0.05) is 41.9 Å². The quantitative estimate of drug-likeness (QED) is 0.172. The van der Waals surface area contributed by atoms with Crippen LogP contribution < -0.4 is 20.1 Å². The van der Waals surface area contributed by atoms with Crippen molar-refractivity contribution in [2.45, 2.75) is 20.0 Å². The van der Waals surface area contributed by atoms with Crippen LogP contribution in [0.25, 0.3) is 0 Å². The average Bonchev–Trinajstić information content (AvgIpc) is 2.87. The standard InChI is InChI=1S/C14H15BrN2O2.C13H13ClN2O2/c1-9-3-4-10(12(18)5-9)8-16-11-6-13(15)17-14(7-11)19-2;1-18-13-7-10(6-12(14)16-13)15-8-9-4-2-3-5-11(9)17/h3-7,18H,8H2,1-2H3,(H,16,17);2-7,17H,8H2,1H3,(H,15,16). The van der Waals surface area contributed by atoms with Crippen molar-refractivity contribution in [3.05, 3.63) is 93.2 Å². The number of ether oxygens (including phenoxy) is 2. The summed E-state index contributed by atoms with van der Waals surface area (Å²) in [5.74, 6) is 1.54. The zero-order valence-electron chi connectivity index (χ0n) is 20.6. The van der Waals surface area contributed by atoms with Gasteiger partial charge in [0.05, 0.1) is 14.2 Å². The zero-order valence-corrected chi connectivity index (χ0v) is 23.0. The number of phenolic OH excluding ortho intramolecular Hbond substituents is 2. The molecule has 0 saturated heterocycles. The fourth-order valence-corrected chi connectivity index (χ4v) is 3.86. The lowest BCUT2D eigenvalue weighted by atomic mass is 10.1. The lowest BCUT2D eigenvalue weighted by molar-refractivity contribution is 0.397. The van der Waals surface area contributed by atoms with E-state index in [0.717, 1.165) is 28.1 Å². The minimum atomic E-state index is 0.261. The van der Waals surface area contributed by atoms with Crippen LogP contribution in [-0.4, -0.2) is 34.4 Å². The second kappa shape index (κ2) is 13.6. The molecule has 0 bridgehead atoms. The summed E-state index contributed by atoms with van der Waals surface area (Å²) in [5, 5.41) is 26.2. The van der Waals surface area contributed by atoms with Crippen LogP contribution in [-0.2, 0) is 13.1 Å². The van der Waals surface area contributed by atoms with Gasteiger partial charge in [-0.2, -0.15) is 0 Å². The molecule has 37 heavy (non-hydrogen) atoms. The minimum Gasteiger partial charge on any atom is -0.508 e. The van der Waals surface area contributed by atoms with Gasteiger partial charge in [0.1, 0.15) is 21.3 Å². The van der Waals surface area contributed by atoms with Gasteiger partial charge in [-0.25, -0.2) is 9.97 Å². The highest BCUT2D eigenvalue weighted by Crippen LogP contribution is 2.24. The molecule has 10 heteroatoms. The van der Waals surface area contributed by atoms with E-state index >= 15 is 0 Å². The zero-order chi connectivity index (χ0) is 26.8. The molecule has 4 rings (SSSR count). The molecule has 0 amide bonds. The van der Waals surface area contributed by atoms with Gasteiger partial charge in [-0.3, -0.25) is 0 Å². The molecule has 2 aromatic heterocycles. The maximum absolute atomic E-state index is 9.84. The highest BCUT2D eigenvalue weighted by atomic mass is 79.9. The second-order valence-corrected chi connectivity index (χ2v) is 9.11. The largest absolute Gasteiger partial charge is 0.508 e. The molecule has 0 unspecified atom stereocenters. The van der Waals surface area contributed by atoms with E-state index in [1.807, 2.05) is 37.3 Å². The third-order valence-electron chi connectivity index (χ3n) is 5.16. The van der Waals surface area contributed by atoms with Crippen molar-refractivity contribution in [2.24, 2.45) is 0 Å². The second-order valence-electron chi connectivity index (χ2n) is 7.91. The van der Waals surface area contributed by atoms with Crippen LogP contribution in [0.4, 0.5) is 11.4 Å². The number of para-hydroxylation sites is 1. The number of aromatic hydroxyl groups is 2. The Hall–Kier alpha value is -3.69. The number of hydrogen-bond donors (Lipinski definition) is 4. The highest BCUT2D eigenvalue weighted by molar-refractivity contribution is 9.10. The lowest BCUT2D eigenvalue weighted by Gasteiger charge is -2.10. The molecule has 2 heterocycles. The fourth-order valence-electron chi connectivity index (χ4n) is 3.24. The molecular formula is C27H28BrClN4O4. The maximum atomic E-state index is 9.84. The third kappa shape index (κ3) is 8.73. The molecule has 2 aromatic carbocycles. The van der Waals surface area contributed by atoms with Crippen molar-refractivity contribution in [3.8, 4) is 23.3 Å². The normalized spacial score (nSPS) is 10.2. The van der Waals surface area contributed by atoms with Crippen LogP contribution in [0.2, 0.25) is 5.15 Å². The lowest BCUT2D eigenvalue weighted by Crippen LogP contribution is -2.01. The van der Waals surface area contributed by atoms with E-state index in [0.29, 0.717) is 40.4 Å². The highest BCUT2D eigenvalue weighted by Gasteiger charge is 2.05. The Kier molecular flexibility index (Phi) is 10.2. The van der Waals surface area contributed by atoms with Crippen molar-refractivity contribution in [1.29, 1.82) is 0 Å². The summed E-state index contributed by atoms with van der Waals surface area (Å²) in [6.45, 7) is 2.98. The van der Waals surface area contributed by atoms with Gasteiger partial charge in [-0.15, -0.1) is 0 Å². The molecule has 194 valence electrons. The molecule has 0 fully saturated rings. The Balaban J connectivity index is 0.000000206. The molecule has 0 atom stereocenters. The number of anilines is 2. The Morgan fingerprint density at radius 3 is 2.00 bits per heavy atom. The summed E-state index contributed by atoms with van der Waals surface area (Å²) in [5.41, 5.74) is 4.35. The number of halogens is 2. The predicted octanol–water partition coefficient (Wildman–Crippen LogP) is 6.54. The topological polar surface area (TPSA) is 109 Å². The maximum Gasteiger partial charge on any atom is 0.216 e. The summed E-state index contributed by atoms with van der Waals surface area (Å²) in [6.07, 6.45) is 0. The van der Waals surface area contributed by atoms with E-state index in [1.165, 1.54) is 7.11 Å². The molecule has 0 aliphatic heterocycles. The molecule has 8 nitrogen and oxygen atoms in total. The van der Waals surface area contributed by atoms with E-state index in [9.17, 15) is 10.2 Å². The first-order chi connectivity index (χ1) is 17.8. The molecule has 4 N–H and O–H groups in total. The van der Waals surface area contributed by atoms with Gasteiger partial charge in [0.2, 0.25) is 11.8 Å². The number of pyridine rings is 2. The smallest absolute Gasteiger partial charge is 0.216 e. The molecular weight excluding hydrogens is 560 g/mol. The first kappa shape index (κ1) is 27.9. The molecule has 0 aliphatic carbocycles. The number of hydrogen-bond acceptors (Lipinski definition) is 8. The number of phenols is 2. The van der Waals surface area contributed by atoms with Crippen LogP contribution in [0.5, 0.6) is 23.3 Å². The summed E-state index contributed by atoms with van der Waals surface area (Å²) in [4.78, 5) is 8.12. The summed E-state index contributed by atoms with van der Waals surface area (Å²) in [7, 11) is 3.11. The number of methoxy groups -OCH3 is 2. The number of rotatable bonds is 8. The number of benzene rings is 2. The summed E-state index contributed by atoms with van der Waals surface area (Å²) in [6, 6.07) is 19.9. The number of aryl methyl sites for hydroxylation is 1. The van der Waals surface area contributed by atoms with E-state index in [-0.39, 0.29) is 5.75 Å². The van der Waals surface area contributed by atoms with E-state index in [1.54, 1.807) is 43.5 Å². The van der Waals surface area contributed by atoms with Gasteiger partial charge in [0.15, 0.2) is 0 Å². The number of nitrogens with one attached hydrogen (secondary N) is 2. The number of nitrogens with zero attached hydrogens (tertiary/aromatic N) is 2. The van der Waals surface area contributed by atoms with Crippen molar-refractivity contribution < 1.29 is 19.7 Å². The van der Waals surface area contributed by atoms with E-state index in [4.69, 9.17) is 21.1 Å². The molecule has 0 aliphatic rings. The van der Waals surface area contributed by atoms with E-state index in [2.05, 4.69) is 36.5 Å². The Morgan fingerprint density at radius 1 is 0.784 bits per heavy atom. The number of aromatic nitrogens is 2. The van der Waals surface area contributed by atoms with Crippen LogP contribution in [0, 0.1) is 6.92 Å². The Labute approximate surface area is 229 Å². The van der Waals surface area contributed by atoms with Gasteiger partial charge in [0.25, 0.3) is 0 Å². The van der Waals surface area contributed by atoms with Crippen LogP contribution in [0.1, 0.15) is 16.7 Å². The first-order valence-corrected chi connectivity index (χ1v) is 12.4. The van der Waals surface area contributed by atoms with E-state index < -0.39 is 0 Å². The van der Waals surface area contributed by atoms with Gasteiger partial charge >= 0.3 is 0 Å². The average molecular weight is 588 g/mol. The van der Waals surface area contributed by atoms with Crippen molar-refractivity contribution in [3.63, 3.8) is 0 Å². The van der Waals surface area contributed by atoms with Crippen molar-refractivity contribution in [2.75, 3.05) is 24.9 Å². The van der Waals surface area contributed by atoms with Crippen LogP contribution in [0.3, 0.4) is 0 Å². The molecule has 0 saturated carbocycles. The Morgan fingerprint density at radius 2 is 1.38 bits per heavy atom.